The Morgan fingerprint density at radius 2 is 2.41 bits per heavy atom. The van der Waals surface area contributed by atoms with Crippen molar-refractivity contribution < 1.29 is 19.4 Å². The Morgan fingerprint density at radius 3 is 3.05 bits per heavy atom. The standard InChI is InChI=1S/C12H16BN3O5S/c1-6-5-16(11(22)15-10(6)18)8-3-2-7(20-8)12(13,19)21-9(17)4-14/h5,7-8,19H,2-4,14H2,1H3,(H,15,18,22). The highest BCUT2D eigenvalue weighted by Gasteiger charge is 2.41. The summed E-state index contributed by atoms with van der Waals surface area (Å²) < 4.78 is 12.1. The molecule has 0 aromatic carbocycles. The molecule has 1 fully saturated rings. The number of esters is 1. The summed E-state index contributed by atoms with van der Waals surface area (Å²) >= 11 is 5.09. The maximum atomic E-state index is 11.5. The number of hydrogen-bond acceptors (Lipinski definition) is 7. The van der Waals surface area contributed by atoms with Gasteiger partial charge in [-0.3, -0.25) is 19.1 Å². The average molecular weight is 325 g/mol. The third-order valence-corrected chi connectivity index (χ3v) is 3.67. The van der Waals surface area contributed by atoms with E-state index in [1.807, 2.05) is 0 Å². The molecule has 3 atom stereocenters. The molecule has 2 rings (SSSR count). The third kappa shape index (κ3) is 3.46. The normalized spacial score (nSPS) is 24.0. The van der Waals surface area contributed by atoms with Gasteiger partial charge in [0.05, 0.1) is 6.54 Å². The summed E-state index contributed by atoms with van der Waals surface area (Å²) in [5, 5.41) is 10.0. The molecular weight excluding hydrogens is 309 g/mol. The van der Waals surface area contributed by atoms with E-state index in [-0.39, 0.29) is 10.3 Å². The second kappa shape index (κ2) is 6.33. The molecule has 10 heteroatoms. The van der Waals surface area contributed by atoms with Crippen molar-refractivity contribution >= 4 is 26.0 Å². The van der Waals surface area contributed by atoms with Crippen LogP contribution in [0.15, 0.2) is 11.0 Å². The minimum Gasteiger partial charge on any atom is -0.440 e. The number of hydrogen-bond donors (Lipinski definition) is 3. The summed E-state index contributed by atoms with van der Waals surface area (Å²) in [6.45, 7) is 1.23. The van der Waals surface area contributed by atoms with Gasteiger partial charge < -0.3 is 20.3 Å². The van der Waals surface area contributed by atoms with Gasteiger partial charge in [-0.05, 0) is 32.0 Å². The number of carbonyl (C=O) groups excluding carboxylic acids is 1. The molecule has 3 unspecified atom stereocenters. The smallest absolute Gasteiger partial charge is 0.321 e. The van der Waals surface area contributed by atoms with E-state index in [9.17, 15) is 14.7 Å². The van der Waals surface area contributed by atoms with Crippen LogP contribution < -0.4 is 11.3 Å². The molecule has 2 radical (unpaired) electrons. The number of nitrogens with zero attached hydrogens (tertiary/aromatic N) is 1. The number of aliphatic hydroxyl groups is 1. The first-order chi connectivity index (χ1) is 10.2. The highest BCUT2D eigenvalue weighted by atomic mass is 32.1. The zero-order valence-corrected chi connectivity index (χ0v) is 12.8. The lowest BCUT2D eigenvalue weighted by atomic mass is 9.87. The predicted molar refractivity (Wildman–Crippen MR) is 79.6 cm³/mol. The van der Waals surface area contributed by atoms with Gasteiger partial charge in [0.1, 0.15) is 12.3 Å². The van der Waals surface area contributed by atoms with E-state index in [0.717, 1.165) is 0 Å². The lowest BCUT2D eigenvalue weighted by Gasteiger charge is -2.30. The first-order valence-electron chi connectivity index (χ1n) is 6.65. The lowest BCUT2D eigenvalue weighted by Crippen LogP contribution is -2.48. The van der Waals surface area contributed by atoms with E-state index in [1.54, 1.807) is 17.7 Å². The van der Waals surface area contributed by atoms with Crippen molar-refractivity contribution in [1.82, 2.24) is 9.55 Å². The zero-order chi connectivity index (χ0) is 16.5. The van der Waals surface area contributed by atoms with Gasteiger partial charge in [-0.1, -0.05) is 0 Å². The van der Waals surface area contributed by atoms with Crippen molar-refractivity contribution in [3.05, 3.63) is 26.9 Å². The van der Waals surface area contributed by atoms with Crippen molar-refractivity contribution in [3.63, 3.8) is 0 Å². The first-order valence-corrected chi connectivity index (χ1v) is 7.06. The van der Waals surface area contributed by atoms with Crippen molar-refractivity contribution in [1.29, 1.82) is 0 Å². The van der Waals surface area contributed by atoms with Crippen LogP contribution in [-0.2, 0) is 14.3 Å². The summed E-state index contributed by atoms with van der Waals surface area (Å²) in [5.74, 6) is -0.839. The fourth-order valence-electron chi connectivity index (χ4n) is 2.22. The van der Waals surface area contributed by atoms with Gasteiger partial charge >= 0.3 is 5.97 Å². The number of ether oxygens (including phenoxy) is 2. The van der Waals surface area contributed by atoms with Gasteiger partial charge in [-0.15, -0.1) is 0 Å². The number of nitrogens with two attached hydrogens (primary N) is 1. The summed E-state index contributed by atoms with van der Waals surface area (Å²) in [6, 6.07) is 0. The van der Waals surface area contributed by atoms with Gasteiger partial charge in [0, 0.05) is 11.8 Å². The molecule has 0 amide bonds. The number of aromatic nitrogens is 2. The topological polar surface area (TPSA) is 120 Å². The Kier molecular flexibility index (Phi) is 4.85. The van der Waals surface area contributed by atoms with Gasteiger partial charge in [0.25, 0.3) is 5.56 Å². The molecule has 1 aliphatic rings. The minimum absolute atomic E-state index is 0.195. The number of nitrogens with one attached hydrogen (secondary N) is 1. The predicted octanol–water partition coefficient (Wildman–Crippen LogP) is -0.792. The second-order valence-electron chi connectivity index (χ2n) is 5.07. The highest BCUT2D eigenvalue weighted by Crippen LogP contribution is 2.33. The average Bonchev–Trinajstić information content (AvgIpc) is 2.92. The Labute approximate surface area is 132 Å². The fraction of sp³-hybridized carbons (Fsp3) is 0.583. The molecule has 1 saturated heterocycles. The zero-order valence-electron chi connectivity index (χ0n) is 11.9. The molecule has 2 heterocycles. The summed E-state index contributed by atoms with van der Waals surface area (Å²) in [7, 11) is 5.57. The van der Waals surface area contributed by atoms with Gasteiger partial charge in [-0.25, -0.2) is 0 Å². The van der Waals surface area contributed by atoms with E-state index in [1.165, 1.54) is 0 Å². The maximum Gasteiger partial charge on any atom is 0.321 e. The molecule has 0 bridgehead atoms. The molecule has 1 aromatic heterocycles. The molecule has 0 spiro atoms. The molecular formula is C12H16BN3O5S. The van der Waals surface area contributed by atoms with E-state index < -0.39 is 30.5 Å². The van der Waals surface area contributed by atoms with Gasteiger partial charge in [-0.2, -0.15) is 0 Å². The SMILES string of the molecule is [B]C(O)(OC(=O)CN)C1CCC(n2cc(C)c(=O)[nH]c2=S)O1. The molecule has 1 aromatic rings. The molecule has 118 valence electrons. The Morgan fingerprint density at radius 1 is 1.73 bits per heavy atom. The third-order valence-electron chi connectivity index (χ3n) is 3.36. The molecule has 22 heavy (non-hydrogen) atoms. The van der Waals surface area contributed by atoms with Crippen LogP contribution in [-0.4, -0.2) is 46.8 Å². The number of aryl methyl sites for hydroxylation is 1. The summed E-state index contributed by atoms with van der Waals surface area (Å²) in [5.41, 5.74) is 3.04. The number of carbonyl (C=O) groups is 1. The molecule has 0 saturated carbocycles. The van der Waals surface area contributed by atoms with Gasteiger partial charge in [0.2, 0.25) is 0 Å². The second-order valence-corrected chi connectivity index (χ2v) is 5.45. The van der Waals surface area contributed by atoms with Crippen molar-refractivity contribution in [2.24, 2.45) is 5.73 Å². The van der Waals surface area contributed by atoms with Crippen LogP contribution in [0.1, 0.15) is 24.6 Å². The van der Waals surface area contributed by atoms with Crippen molar-refractivity contribution in [3.8, 4) is 0 Å². The fourth-order valence-corrected chi connectivity index (χ4v) is 2.48. The first kappa shape index (κ1) is 16.9. The van der Waals surface area contributed by atoms with Crippen LogP contribution in [0, 0.1) is 11.7 Å². The number of aromatic amines is 1. The molecule has 8 nitrogen and oxygen atoms in total. The van der Waals surface area contributed by atoms with Crippen LogP contribution in [0.5, 0.6) is 0 Å². The van der Waals surface area contributed by atoms with Crippen LogP contribution in [0.25, 0.3) is 0 Å². The highest BCUT2D eigenvalue weighted by molar-refractivity contribution is 7.71. The molecule has 0 aliphatic carbocycles. The van der Waals surface area contributed by atoms with E-state index >= 15 is 0 Å². The van der Waals surface area contributed by atoms with Crippen molar-refractivity contribution in [2.75, 3.05) is 6.54 Å². The van der Waals surface area contributed by atoms with Gasteiger partial charge in [0.15, 0.2) is 18.3 Å². The molecule has 1 aliphatic heterocycles. The maximum absolute atomic E-state index is 11.5. The van der Waals surface area contributed by atoms with Crippen LogP contribution in [0.3, 0.4) is 0 Å². The Hall–Kier alpha value is -1.49. The summed E-state index contributed by atoms with van der Waals surface area (Å²) in [4.78, 5) is 25.2. The van der Waals surface area contributed by atoms with E-state index in [0.29, 0.717) is 18.4 Å². The molecule has 4 N–H and O–H groups in total. The monoisotopic (exact) mass is 325 g/mol. The quantitative estimate of drug-likeness (QED) is 0.287. The van der Waals surface area contributed by atoms with Crippen LogP contribution in [0.4, 0.5) is 0 Å². The minimum atomic E-state index is -2.27. The number of H-pyrrole nitrogens is 1. The summed E-state index contributed by atoms with van der Waals surface area (Å²) in [6.07, 6.45) is 0.928. The van der Waals surface area contributed by atoms with Crippen LogP contribution in [0.2, 0.25) is 0 Å². The Balaban J connectivity index is 2.16. The largest absolute Gasteiger partial charge is 0.440 e. The van der Waals surface area contributed by atoms with Crippen LogP contribution >= 0.6 is 12.2 Å². The van der Waals surface area contributed by atoms with Crippen molar-refractivity contribution in [2.45, 2.75) is 37.8 Å². The van der Waals surface area contributed by atoms with E-state index in [2.05, 4.69) is 9.72 Å². The number of rotatable bonds is 4. The Bertz CT molecular complexity index is 686. The lowest BCUT2D eigenvalue weighted by molar-refractivity contribution is -0.214. The van der Waals surface area contributed by atoms with E-state index in [4.69, 9.17) is 30.5 Å².